The molecule has 15 heavy (non-hydrogen) atoms. The van der Waals surface area contributed by atoms with Gasteiger partial charge in [0.1, 0.15) is 0 Å². The second-order valence-corrected chi connectivity index (χ2v) is 3.41. The van der Waals surface area contributed by atoms with E-state index in [1.165, 1.54) is 0 Å². The molecule has 1 aliphatic rings. The predicted molar refractivity (Wildman–Crippen MR) is 63.2 cm³/mol. The summed E-state index contributed by atoms with van der Waals surface area (Å²) in [6, 6.07) is 0. The Labute approximate surface area is 92.1 Å². The van der Waals surface area contributed by atoms with Crippen molar-refractivity contribution in [1.82, 2.24) is 10.2 Å². The maximum Gasteiger partial charge on any atom is 0.0953 e. The van der Waals surface area contributed by atoms with E-state index in [2.05, 4.69) is 29.8 Å². The highest BCUT2D eigenvalue weighted by molar-refractivity contribution is 5.23. The van der Waals surface area contributed by atoms with E-state index in [-0.39, 0.29) is 0 Å². The van der Waals surface area contributed by atoms with E-state index in [0.29, 0.717) is 0 Å². The molecule has 0 spiro atoms. The third kappa shape index (κ3) is 3.44. The molecule has 1 fully saturated rings. The Balaban J connectivity index is 2.67. The van der Waals surface area contributed by atoms with Crippen molar-refractivity contribution in [2.45, 2.75) is 13.3 Å². The van der Waals surface area contributed by atoms with E-state index in [9.17, 15) is 0 Å². The topological polar surface area (TPSA) is 24.5 Å². The van der Waals surface area contributed by atoms with Crippen LogP contribution >= 0.6 is 0 Å². The second-order valence-electron chi connectivity index (χ2n) is 3.41. The summed E-state index contributed by atoms with van der Waals surface area (Å²) in [5.41, 5.74) is 1.14. The van der Waals surface area contributed by atoms with E-state index in [1.807, 2.05) is 12.2 Å². The van der Waals surface area contributed by atoms with Crippen molar-refractivity contribution in [2.75, 3.05) is 26.9 Å². The minimum absolute atomic E-state index is 0.903. The standard InChI is InChI=1S/C12H20N2O/c1-4-11(14-9-8-13-10-14)6-7-12(5-2)15-3/h4,6-7,13H,1,5,8-10H2,2-3H3/b11-6+,12-7+. The van der Waals surface area contributed by atoms with Crippen molar-refractivity contribution >= 4 is 0 Å². The van der Waals surface area contributed by atoms with E-state index >= 15 is 0 Å². The Morgan fingerprint density at radius 1 is 1.53 bits per heavy atom. The van der Waals surface area contributed by atoms with E-state index in [0.717, 1.165) is 37.6 Å². The van der Waals surface area contributed by atoms with Gasteiger partial charge in [-0.15, -0.1) is 0 Å². The van der Waals surface area contributed by atoms with Crippen LogP contribution in [-0.2, 0) is 4.74 Å². The lowest BCUT2D eigenvalue weighted by Gasteiger charge is -2.17. The van der Waals surface area contributed by atoms with Crippen LogP contribution in [0.15, 0.2) is 36.3 Å². The lowest BCUT2D eigenvalue weighted by Crippen LogP contribution is -2.20. The molecule has 1 N–H and O–H groups in total. The number of nitrogens with zero attached hydrogens (tertiary/aromatic N) is 1. The van der Waals surface area contributed by atoms with Gasteiger partial charge in [0.2, 0.25) is 0 Å². The third-order valence-corrected chi connectivity index (χ3v) is 2.49. The molecule has 0 saturated carbocycles. The molecule has 84 valence electrons. The van der Waals surface area contributed by atoms with Crippen LogP contribution in [0.25, 0.3) is 0 Å². The van der Waals surface area contributed by atoms with Crippen LogP contribution in [0.5, 0.6) is 0 Å². The molecular weight excluding hydrogens is 188 g/mol. The number of ether oxygens (including phenoxy) is 1. The smallest absolute Gasteiger partial charge is 0.0953 e. The number of nitrogens with one attached hydrogen (secondary N) is 1. The highest BCUT2D eigenvalue weighted by Crippen LogP contribution is 2.09. The minimum Gasteiger partial charge on any atom is -0.501 e. The van der Waals surface area contributed by atoms with E-state index in [1.54, 1.807) is 7.11 Å². The third-order valence-electron chi connectivity index (χ3n) is 2.49. The molecule has 0 unspecified atom stereocenters. The molecule has 0 radical (unpaired) electrons. The summed E-state index contributed by atoms with van der Waals surface area (Å²) in [4.78, 5) is 2.26. The van der Waals surface area contributed by atoms with Gasteiger partial charge in [0.15, 0.2) is 0 Å². The Bertz CT molecular complexity index is 257. The monoisotopic (exact) mass is 208 g/mol. The van der Waals surface area contributed by atoms with Gasteiger partial charge in [-0.1, -0.05) is 13.5 Å². The first-order chi connectivity index (χ1) is 7.31. The Morgan fingerprint density at radius 2 is 2.33 bits per heavy atom. The van der Waals surface area contributed by atoms with Crippen LogP contribution < -0.4 is 5.32 Å². The molecule has 3 heteroatoms. The Morgan fingerprint density at radius 3 is 2.80 bits per heavy atom. The van der Waals surface area contributed by atoms with Crippen LogP contribution in [0.2, 0.25) is 0 Å². The molecule has 3 nitrogen and oxygen atoms in total. The lowest BCUT2D eigenvalue weighted by molar-refractivity contribution is 0.280. The number of methoxy groups -OCH3 is 1. The highest BCUT2D eigenvalue weighted by atomic mass is 16.5. The van der Waals surface area contributed by atoms with Gasteiger partial charge in [0.25, 0.3) is 0 Å². The largest absolute Gasteiger partial charge is 0.501 e. The molecule has 0 aromatic carbocycles. The number of allylic oxidation sites excluding steroid dienone is 4. The number of hydrogen-bond acceptors (Lipinski definition) is 3. The summed E-state index contributed by atoms with van der Waals surface area (Å²) in [5.74, 6) is 0.988. The highest BCUT2D eigenvalue weighted by Gasteiger charge is 2.10. The van der Waals surface area contributed by atoms with Crippen LogP contribution in [0.4, 0.5) is 0 Å². The van der Waals surface area contributed by atoms with Crippen LogP contribution in [0, 0.1) is 0 Å². The molecular formula is C12H20N2O. The maximum atomic E-state index is 5.21. The van der Waals surface area contributed by atoms with Gasteiger partial charge < -0.3 is 9.64 Å². The van der Waals surface area contributed by atoms with Crippen molar-refractivity contribution < 1.29 is 4.74 Å². The van der Waals surface area contributed by atoms with Crippen LogP contribution in [0.1, 0.15) is 13.3 Å². The molecule has 0 aromatic rings. The number of rotatable bonds is 5. The molecule has 0 amide bonds. The van der Waals surface area contributed by atoms with Crippen molar-refractivity contribution in [3.05, 3.63) is 36.3 Å². The second kappa shape index (κ2) is 6.30. The summed E-state index contributed by atoms with van der Waals surface area (Å²) in [6.07, 6.45) is 6.86. The van der Waals surface area contributed by atoms with Crippen molar-refractivity contribution in [3.8, 4) is 0 Å². The fourth-order valence-corrected chi connectivity index (χ4v) is 1.54. The first-order valence-corrected chi connectivity index (χ1v) is 5.34. The zero-order valence-electron chi connectivity index (χ0n) is 9.62. The van der Waals surface area contributed by atoms with Gasteiger partial charge in [-0.25, -0.2) is 0 Å². The zero-order valence-corrected chi connectivity index (χ0v) is 9.62. The Kier molecular flexibility index (Phi) is 4.98. The number of hydrogen-bond donors (Lipinski definition) is 1. The fraction of sp³-hybridized carbons (Fsp3) is 0.500. The summed E-state index contributed by atoms with van der Waals surface area (Å²) >= 11 is 0. The molecule has 0 bridgehead atoms. The summed E-state index contributed by atoms with van der Waals surface area (Å²) in [6.45, 7) is 8.89. The van der Waals surface area contributed by atoms with E-state index < -0.39 is 0 Å². The Hall–Kier alpha value is -1.22. The van der Waals surface area contributed by atoms with Gasteiger partial charge in [-0.3, -0.25) is 5.32 Å². The molecule has 1 rings (SSSR count). The van der Waals surface area contributed by atoms with Gasteiger partial charge in [0, 0.05) is 25.2 Å². The molecule has 1 aliphatic heterocycles. The average molecular weight is 208 g/mol. The molecule has 1 heterocycles. The minimum atomic E-state index is 0.903. The molecule has 1 saturated heterocycles. The summed E-state index contributed by atoms with van der Waals surface area (Å²) in [5, 5.41) is 3.29. The quantitative estimate of drug-likeness (QED) is 0.551. The van der Waals surface area contributed by atoms with Crippen LogP contribution in [0.3, 0.4) is 0 Å². The van der Waals surface area contributed by atoms with Crippen molar-refractivity contribution in [3.63, 3.8) is 0 Å². The molecule has 0 atom stereocenters. The fourth-order valence-electron chi connectivity index (χ4n) is 1.54. The van der Waals surface area contributed by atoms with E-state index in [4.69, 9.17) is 4.74 Å². The zero-order chi connectivity index (χ0) is 11.1. The molecule has 0 aliphatic carbocycles. The first-order valence-electron chi connectivity index (χ1n) is 5.34. The normalized spacial score (nSPS) is 18.1. The summed E-state index contributed by atoms with van der Waals surface area (Å²) < 4.78 is 5.21. The van der Waals surface area contributed by atoms with Gasteiger partial charge >= 0.3 is 0 Å². The lowest BCUT2D eigenvalue weighted by atomic mass is 10.3. The predicted octanol–water partition coefficient (Wildman–Crippen LogP) is 1.86. The van der Waals surface area contributed by atoms with Gasteiger partial charge in [-0.2, -0.15) is 0 Å². The SMILES string of the molecule is C=C/C(=C\C=C(/CC)OC)N1CCNC1. The maximum absolute atomic E-state index is 5.21. The first kappa shape index (κ1) is 11.9. The van der Waals surface area contributed by atoms with Crippen LogP contribution in [-0.4, -0.2) is 31.8 Å². The van der Waals surface area contributed by atoms with Gasteiger partial charge in [0.05, 0.1) is 19.5 Å². The van der Waals surface area contributed by atoms with Gasteiger partial charge in [-0.05, 0) is 18.2 Å². The molecule has 0 aromatic heterocycles. The van der Waals surface area contributed by atoms with Crippen molar-refractivity contribution in [2.24, 2.45) is 0 Å². The van der Waals surface area contributed by atoms with Crippen molar-refractivity contribution in [1.29, 1.82) is 0 Å². The summed E-state index contributed by atoms with van der Waals surface area (Å²) in [7, 11) is 1.70. The average Bonchev–Trinajstić information content (AvgIpc) is 2.78.